The maximum atomic E-state index is 13.6. The van der Waals surface area contributed by atoms with E-state index in [4.69, 9.17) is 19.2 Å². The number of para-hydroxylation sites is 1. The monoisotopic (exact) mass is 440 g/mol. The van der Waals surface area contributed by atoms with Crippen LogP contribution in [0.4, 0.5) is 5.13 Å². The fraction of sp³-hybridized carbons (Fsp3) is 0.417. The van der Waals surface area contributed by atoms with E-state index < -0.39 is 0 Å². The Labute approximate surface area is 186 Å². The lowest BCUT2D eigenvalue weighted by Gasteiger charge is -2.23. The first-order chi connectivity index (χ1) is 15.2. The smallest absolute Gasteiger partial charge is 0.260 e. The van der Waals surface area contributed by atoms with Crippen LogP contribution in [0.3, 0.4) is 0 Å². The van der Waals surface area contributed by atoms with Gasteiger partial charge in [-0.3, -0.25) is 9.69 Å². The van der Waals surface area contributed by atoms with Crippen molar-refractivity contribution in [1.29, 1.82) is 0 Å². The molecular formula is C24H28N2O4S. The third-order valence-corrected chi connectivity index (χ3v) is 6.37. The zero-order valence-electron chi connectivity index (χ0n) is 18.0. The van der Waals surface area contributed by atoms with Gasteiger partial charge in [0.05, 0.1) is 31.1 Å². The number of rotatable bonds is 9. The minimum atomic E-state index is -0.102. The molecule has 1 saturated heterocycles. The highest BCUT2D eigenvalue weighted by molar-refractivity contribution is 7.22. The Hall–Kier alpha value is -2.64. The van der Waals surface area contributed by atoms with E-state index in [0.717, 1.165) is 42.5 Å². The van der Waals surface area contributed by atoms with E-state index in [0.29, 0.717) is 35.3 Å². The quantitative estimate of drug-likeness (QED) is 0.422. The van der Waals surface area contributed by atoms with Crippen molar-refractivity contribution in [2.75, 3.05) is 31.8 Å². The van der Waals surface area contributed by atoms with Gasteiger partial charge in [0.1, 0.15) is 17.0 Å². The van der Waals surface area contributed by atoms with Crippen LogP contribution in [-0.4, -0.2) is 43.9 Å². The van der Waals surface area contributed by atoms with Crippen LogP contribution < -0.4 is 14.4 Å². The molecule has 2 aromatic carbocycles. The van der Waals surface area contributed by atoms with Crippen LogP contribution in [0, 0.1) is 0 Å². The highest BCUT2D eigenvalue weighted by Crippen LogP contribution is 2.35. The van der Waals surface area contributed by atoms with Gasteiger partial charge in [-0.25, -0.2) is 4.98 Å². The molecule has 164 valence electrons. The Morgan fingerprint density at radius 2 is 2.16 bits per heavy atom. The number of unbranched alkanes of at least 4 members (excludes halogenated alkanes) is 1. The second kappa shape index (κ2) is 10.1. The molecule has 4 rings (SSSR count). The summed E-state index contributed by atoms with van der Waals surface area (Å²) < 4.78 is 18.1. The number of methoxy groups -OCH3 is 1. The first kappa shape index (κ1) is 21.6. The minimum Gasteiger partial charge on any atom is -0.494 e. The first-order valence-corrected chi connectivity index (χ1v) is 11.6. The normalized spacial score (nSPS) is 15.9. The van der Waals surface area contributed by atoms with Gasteiger partial charge in [0, 0.05) is 12.2 Å². The number of thiazole rings is 1. The number of ether oxygens (including phenoxy) is 3. The summed E-state index contributed by atoms with van der Waals surface area (Å²) in [6.07, 6.45) is 4.02. The summed E-state index contributed by atoms with van der Waals surface area (Å²) >= 11 is 1.49. The second-order valence-corrected chi connectivity index (χ2v) is 8.59. The van der Waals surface area contributed by atoms with Crippen LogP contribution in [0.2, 0.25) is 0 Å². The van der Waals surface area contributed by atoms with E-state index in [-0.39, 0.29) is 12.0 Å². The molecule has 2 heterocycles. The van der Waals surface area contributed by atoms with Gasteiger partial charge in [0.25, 0.3) is 5.91 Å². The molecule has 0 N–H and O–H groups in total. The third-order valence-electron chi connectivity index (χ3n) is 5.32. The fourth-order valence-electron chi connectivity index (χ4n) is 3.64. The summed E-state index contributed by atoms with van der Waals surface area (Å²) in [6, 6.07) is 13.2. The van der Waals surface area contributed by atoms with Crippen molar-refractivity contribution in [3.8, 4) is 11.5 Å². The Morgan fingerprint density at radius 3 is 2.94 bits per heavy atom. The number of carbonyl (C=O) groups is 1. The Morgan fingerprint density at radius 1 is 1.29 bits per heavy atom. The minimum absolute atomic E-state index is 0.0156. The zero-order chi connectivity index (χ0) is 21.6. The van der Waals surface area contributed by atoms with Crippen molar-refractivity contribution >= 4 is 32.6 Å². The summed E-state index contributed by atoms with van der Waals surface area (Å²) in [7, 11) is 1.63. The van der Waals surface area contributed by atoms with E-state index in [1.54, 1.807) is 12.0 Å². The number of aromatic nitrogens is 1. The molecule has 1 aromatic heterocycles. The molecule has 1 aliphatic heterocycles. The van der Waals surface area contributed by atoms with Gasteiger partial charge >= 0.3 is 0 Å². The second-order valence-electron chi connectivity index (χ2n) is 7.58. The highest BCUT2D eigenvalue weighted by atomic mass is 32.1. The van der Waals surface area contributed by atoms with Crippen molar-refractivity contribution in [1.82, 2.24) is 4.98 Å². The maximum Gasteiger partial charge on any atom is 0.260 e. The number of nitrogens with zero attached hydrogens (tertiary/aromatic N) is 2. The molecule has 31 heavy (non-hydrogen) atoms. The van der Waals surface area contributed by atoms with Gasteiger partial charge in [-0.15, -0.1) is 0 Å². The summed E-state index contributed by atoms with van der Waals surface area (Å²) in [5, 5.41) is 0.650. The molecule has 3 aromatic rings. The molecule has 0 saturated carbocycles. The van der Waals surface area contributed by atoms with Crippen molar-refractivity contribution < 1.29 is 19.0 Å². The van der Waals surface area contributed by atoms with Crippen molar-refractivity contribution in [2.45, 2.75) is 38.7 Å². The predicted octanol–water partition coefficient (Wildman–Crippen LogP) is 5.31. The van der Waals surface area contributed by atoms with Gasteiger partial charge in [-0.1, -0.05) is 36.8 Å². The lowest BCUT2D eigenvalue weighted by molar-refractivity contribution is 0.0917. The zero-order valence-corrected chi connectivity index (χ0v) is 18.8. The fourth-order valence-corrected chi connectivity index (χ4v) is 4.63. The van der Waals surface area contributed by atoms with Crippen LogP contribution in [0.15, 0.2) is 42.5 Å². The topological polar surface area (TPSA) is 60.9 Å². The van der Waals surface area contributed by atoms with Gasteiger partial charge in [0.15, 0.2) is 5.13 Å². The molecule has 1 atom stereocenters. The number of benzene rings is 2. The summed E-state index contributed by atoms with van der Waals surface area (Å²) in [5.41, 5.74) is 1.35. The van der Waals surface area contributed by atoms with Crippen LogP contribution in [0.1, 0.15) is 43.0 Å². The number of amides is 1. The van der Waals surface area contributed by atoms with Crippen molar-refractivity contribution in [3.63, 3.8) is 0 Å². The van der Waals surface area contributed by atoms with E-state index in [2.05, 4.69) is 6.92 Å². The summed E-state index contributed by atoms with van der Waals surface area (Å²) in [5.74, 6) is 1.31. The van der Waals surface area contributed by atoms with Gasteiger partial charge < -0.3 is 14.2 Å². The number of hydrogen-bond donors (Lipinski definition) is 0. The average Bonchev–Trinajstić information content (AvgIpc) is 3.47. The van der Waals surface area contributed by atoms with Gasteiger partial charge in [0.2, 0.25) is 0 Å². The molecule has 0 spiro atoms. The SMILES string of the molecule is CCCCOc1cccc(C(=O)N(CC2CCCO2)c2nc3c(OC)cccc3s2)c1. The van der Waals surface area contributed by atoms with Gasteiger partial charge in [-0.05, 0) is 49.6 Å². The van der Waals surface area contributed by atoms with Crippen LogP contribution in [0.25, 0.3) is 10.2 Å². The molecule has 0 radical (unpaired) electrons. The van der Waals surface area contributed by atoms with Crippen LogP contribution in [-0.2, 0) is 4.74 Å². The van der Waals surface area contributed by atoms with Crippen molar-refractivity contribution in [3.05, 3.63) is 48.0 Å². The number of fused-ring (bicyclic) bond motifs is 1. The van der Waals surface area contributed by atoms with E-state index in [1.807, 2.05) is 42.5 Å². The van der Waals surface area contributed by atoms with Crippen LogP contribution in [0.5, 0.6) is 11.5 Å². The standard InChI is InChI=1S/C24H28N2O4S/c1-3-4-13-29-18-9-5-8-17(15-18)23(27)26(16-19-10-7-14-30-19)24-25-22-20(28-2)11-6-12-21(22)31-24/h5-6,8-9,11-12,15,19H,3-4,7,10,13-14,16H2,1-2H3. The average molecular weight is 441 g/mol. The summed E-state index contributed by atoms with van der Waals surface area (Å²) in [4.78, 5) is 20.1. The molecule has 1 fully saturated rings. The first-order valence-electron chi connectivity index (χ1n) is 10.8. The Balaban J connectivity index is 1.65. The van der Waals surface area contributed by atoms with Crippen molar-refractivity contribution in [2.24, 2.45) is 0 Å². The Kier molecular flexibility index (Phi) is 7.04. The van der Waals surface area contributed by atoms with E-state index >= 15 is 0 Å². The van der Waals surface area contributed by atoms with E-state index in [1.165, 1.54) is 11.3 Å². The Bertz CT molecular complexity index is 1030. The van der Waals surface area contributed by atoms with E-state index in [9.17, 15) is 4.79 Å². The molecule has 1 amide bonds. The third kappa shape index (κ3) is 4.99. The maximum absolute atomic E-state index is 13.6. The largest absolute Gasteiger partial charge is 0.494 e. The molecular weight excluding hydrogens is 412 g/mol. The molecule has 0 bridgehead atoms. The highest BCUT2D eigenvalue weighted by Gasteiger charge is 2.27. The summed E-state index contributed by atoms with van der Waals surface area (Å²) in [6.45, 7) is 3.98. The molecule has 6 nitrogen and oxygen atoms in total. The lowest BCUT2D eigenvalue weighted by atomic mass is 10.1. The predicted molar refractivity (Wildman–Crippen MR) is 124 cm³/mol. The molecule has 1 unspecified atom stereocenters. The lowest BCUT2D eigenvalue weighted by Crippen LogP contribution is -2.37. The van der Waals surface area contributed by atoms with Crippen LogP contribution >= 0.6 is 11.3 Å². The molecule has 7 heteroatoms. The number of hydrogen-bond acceptors (Lipinski definition) is 6. The number of anilines is 1. The molecule has 1 aliphatic rings. The molecule has 0 aliphatic carbocycles. The van der Waals surface area contributed by atoms with Gasteiger partial charge in [-0.2, -0.15) is 0 Å². The number of carbonyl (C=O) groups excluding carboxylic acids is 1.